The van der Waals surface area contributed by atoms with Crippen LogP contribution in [-0.2, 0) is 17.8 Å². The fourth-order valence-electron chi connectivity index (χ4n) is 3.73. The Bertz CT molecular complexity index is 1040. The molecule has 0 aliphatic carbocycles. The first-order valence-electron chi connectivity index (χ1n) is 9.77. The molecule has 1 N–H and O–H groups in total. The maximum Gasteiger partial charge on any atom is 0.345 e. The van der Waals surface area contributed by atoms with Gasteiger partial charge in [0.2, 0.25) is 0 Å². The van der Waals surface area contributed by atoms with Crippen molar-refractivity contribution >= 4 is 22.6 Å². The minimum atomic E-state index is -2.85. The minimum Gasteiger partial charge on any atom is -0.351 e. The molecule has 2 aromatic heterocycles. The first-order chi connectivity index (χ1) is 14.4. The van der Waals surface area contributed by atoms with Crippen LogP contribution in [0.15, 0.2) is 36.5 Å². The molecule has 0 radical (unpaired) electrons. The van der Waals surface area contributed by atoms with Gasteiger partial charge in [0.15, 0.2) is 5.78 Å². The summed E-state index contributed by atoms with van der Waals surface area (Å²) in [4.78, 5) is 30.5. The quantitative estimate of drug-likeness (QED) is 0.598. The summed E-state index contributed by atoms with van der Waals surface area (Å²) in [5, 5.41) is 5.22. The Morgan fingerprint density at radius 3 is 2.83 bits per heavy atom. The summed E-state index contributed by atoms with van der Waals surface area (Å²) in [7, 11) is 0. The molecule has 3 aromatic rings. The number of carbonyl (C=O) groups excluding carboxylic acids is 2. The second kappa shape index (κ2) is 8.35. The molecule has 0 saturated carbocycles. The van der Waals surface area contributed by atoms with Gasteiger partial charge in [0.05, 0.1) is 37.2 Å². The number of carbonyl (C=O) groups is 2. The number of aromatic amines is 1. The number of rotatable bonds is 7. The van der Waals surface area contributed by atoms with Crippen molar-refractivity contribution in [3.63, 3.8) is 0 Å². The fourth-order valence-corrected chi connectivity index (χ4v) is 3.73. The van der Waals surface area contributed by atoms with Crippen LogP contribution in [0.25, 0.3) is 10.9 Å². The molecular formula is C21H22F2N4O3. The SMILES string of the molecule is CC(COC(F)F)CC(=O)c1cnn2c1CN(C(=O)c1cc3ccccc3[nH]1)CC2. The number of H-pyrrole nitrogens is 1. The Balaban J connectivity index is 1.47. The van der Waals surface area contributed by atoms with Gasteiger partial charge in [0.1, 0.15) is 5.69 Å². The highest BCUT2D eigenvalue weighted by molar-refractivity contribution is 5.99. The molecule has 7 nitrogen and oxygen atoms in total. The number of Topliss-reactive ketones (excluding diaryl/α,β-unsaturated/α-hetero) is 1. The van der Waals surface area contributed by atoms with E-state index in [0.29, 0.717) is 30.0 Å². The Morgan fingerprint density at radius 1 is 1.27 bits per heavy atom. The molecule has 3 heterocycles. The van der Waals surface area contributed by atoms with E-state index in [1.54, 1.807) is 16.5 Å². The van der Waals surface area contributed by atoms with Gasteiger partial charge >= 0.3 is 6.61 Å². The average molecular weight is 416 g/mol. The van der Waals surface area contributed by atoms with Gasteiger partial charge in [-0.2, -0.15) is 13.9 Å². The van der Waals surface area contributed by atoms with E-state index in [2.05, 4.69) is 14.8 Å². The van der Waals surface area contributed by atoms with E-state index in [9.17, 15) is 18.4 Å². The van der Waals surface area contributed by atoms with E-state index in [-0.39, 0.29) is 37.2 Å². The van der Waals surface area contributed by atoms with Crippen molar-refractivity contribution in [2.24, 2.45) is 5.92 Å². The predicted octanol–water partition coefficient (Wildman–Crippen LogP) is 3.47. The van der Waals surface area contributed by atoms with Crippen LogP contribution in [0.1, 0.15) is 39.9 Å². The number of nitrogens with one attached hydrogen (secondary N) is 1. The van der Waals surface area contributed by atoms with Crippen molar-refractivity contribution in [1.82, 2.24) is 19.7 Å². The molecule has 1 aromatic carbocycles. The lowest BCUT2D eigenvalue weighted by molar-refractivity contribution is -0.136. The number of fused-ring (bicyclic) bond motifs is 2. The summed E-state index contributed by atoms with van der Waals surface area (Å²) in [5.41, 5.74) is 2.47. The first-order valence-corrected chi connectivity index (χ1v) is 9.77. The number of ketones is 1. The third-order valence-electron chi connectivity index (χ3n) is 5.26. The molecule has 1 atom stereocenters. The standard InChI is InChI=1S/C21H22F2N4O3/c1-13(12-30-21(22)23)8-19(28)15-10-24-27-7-6-26(11-18(15)27)20(29)17-9-14-4-2-3-5-16(14)25-17/h2-5,9-10,13,21,25H,6-8,11-12H2,1H3. The van der Waals surface area contributed by atoms with E-state index >= 15 is 0 Å². The Morgan fingerprint density at radius 2 is 2.07 bits per heavy atom. The smallest absolute Gasteiger partial charge is 0.345 e. The second-order valence-corrected chi connectivity index (χ2v) is 7.55. The van der Waals surface area contributed by atoms with Crippen LogP contribution in [0.4, 0.5) is 8.78 Å². The number of benzene rings is 1. The highest BCUT2D eigenvalue weighted by Gasteiger charge is 2.28. The molecule has 4 rings (SSSR count). The van der Waals surface area contributed by atoms with Crippen molar-refractivity contribution in [3.8, 4) is 0 Å². The first kappa shape index (κ1) is 20.2. The maximum absolute atomic E-state index is 13.0. The number of amides is 1. The molecule has 0 fully saturated rings. The van der Waals surface area contributed by atoms with E-state index in [1.807, 2.05) is 30.3 Å². The van der Waals surface area contributed by atoms with Crippen molar-refractivity contribution in [2.45, 2.75) is 33.0 Å². The number of hydrogen-bond donors (Lipinski definition) is 1. The van der Waals surface area contributed by atoms with Crippen LogP contribution in [0.2, 0.25) is 0 Å². The summed E-state index contributed by atoms with van der Waals surface area (Å²) in [6.45, 7) is -0.138. The van der Waals surface area contributed by atoms with Crippen LogP contribution in [-0.4, -0.2) is 51.1 Å². The highest BCUT2D eigenvalue weighted by atomic mass is 19.3. The maximum atomic E-state index is 13.0. The van der Waals surface area contributed by atoms with Crippen LogP contribution in [0.5, 0.6) is 0 Å². The van der Waals surface area contributed by atoms with Gasteiger partial charge < -0.3 is 14.6 Å². The van der Waals surface area contributed by atoms with Gasteiger partial charge in [0, 0.05) is 23.9 Å². The Hall–Kier alpha value is -3.07. The van der Waals surface area contributed by atoms with Crippen LogP contribution in [0, 0.1) is 5.92 Å². The molecule has 0 bridgehead atoms. The second-order valence-electron chi connectivity index (χ2n) is 7.55. The van der Waals surface area contributed by atoms with E-state index in [0.717, 1.165) is 10.9 Å². The van der Waals surface area contributed by atoms with Crippen LogP contribution in [0.3, 0.4) is 0 Å². The highest BCUT2D eigenvalue weighted by Crippen LogP contribution is 2.22. The van der Waals surface area contributed by atoms with Crippen molar-refractivity contribution in [1.29, 1.82) is 0 Å². The molecule has 1 aliphatic rings. The third kappa shape index (κ3) is 4.11. The molecule has 30 heavy (non-hydrogen) atoms. The Labute approximate surface area is 171 Å². The van der Waals surface area contributed by atoms with Crippen LogP contribution >= 0.6 is 0 Å². The lowest BCUT2D eigenvalue weighted by Gasteiger charge is -2.28. The van der Waals surface area contributed by atoms with Gasteiger partial charge in [-0.05, 0) is 18.1 Å². The van der Waals surface area contributed by atoms with E-state index in [1.165, 1.54) is 6.20 Å². The van der Waals surface area contributed by atoms with Crippen molar-refractivity contribution < 1.29 is 23.1 Å². The topological polar surface area (TPSA) is 80.2 Å². The molecule has 158 valence electrons. The van der Waals surface area contributed by atoms with Gasteiger partial charge in [-0.3, -0.25) is 14.3 Å². The van der Waals surface area contributed by atoms with E-state index < -0.39 is 6.61 Å². The van der Waals surface area contributed by atoms with Gasteiger partial charge in [0.25, 0.3) is 5.91 Å². The van der Waals surface area contributed by atoms with Crippen molar-refractivity contribution in [3.05, 3.63) is 53.5 Å². The number of para-hydroxylation sites is 1. The molecule has 0 saturated heterocycles. The fraction of sp³-hybridized carbons (Fsp3) is 0.381. The van der Waals surface area contributed by atoms with Crippen LogP contribution < -0.4 is 0 Å². The summed E-state index contributed by atoms with van der Waals surface area (Å²) in [5.74, 6) is -0.688. The summed E-state index contributed by atoms with van der Waals surface area (Å²) in [6.07, 6.45) is 1.57. The molecule has 9 heteroatoms. The van der Waals surface area contributed by atoms with E-state index in [4.69, 9.17) is 0 Å². The zero-order valence-electron chi connectivity index (χ0n) is 16.5. The third-order valence-corrected chi connectivity index (χ3v) is 5.26. The molecule has 1 amide bonds. The summed E-state index contributed by atoms with van der Waals surface area (Å²) >= 11 is 0. The Kier molecular flexibility index (Phi) is 5.63. The minimum absolute atomic E-state index is 0.0708. The number of hydrogen-bond acceptors (Lipinski definition) is 4. The number of aromatic nitrogens is 3. The molecular weight excluding hydrogens is 394 g/mol. The zero-order chi connectivity index (χ0) is 21.3. The van der Waals surface area contributed by atoms with Gasteiger partial charge in [-0.1, -0.05) is 25.1 Å². The molecule has 0 spiro atoms. The lowest BCUT2D eigenvalue weighted by atomic mass is 10.00. The molecule has 1 unspecified atom stereocenters. The summed E-state index contributed by atoms with van der Waals surface area (Å²) in [6, 6.07) is 9.48. The number of halogens is 2. The number of alkyl halides is 2. The predicted molar refractivity (Wildman–Crippen MR) is 105 cm³/mol. The number of ether oxygens (including phenoxy) is 1. The monoisotopic (exact) mass is 416 g/mol. The molecule has 1 aliphatic heterocycles. The zero-order valence-corrected chi connectivity index (χ0v) is 16.5. The largest absolute Gasteiger partial charge is 0.351 e. The summed E-state index contributed by atoms with van der Waals surface area (Å²) < 4.78 is 30.4. The van der Waals surface area contributed by atoms with Gasteiger partial charge in [-0.15, -0.1) is 0 Å². The average Bonchev–Trinajstić information content (AvgIpc) is 3.35. The lowest BCUT2D eigenvalue weighted by Crippen LogP contribution is -2.39. The normalized spacial score (nSPS) is 14.9. The van der Waals surface area contributed by atoms with Gasteiger partial charge in [-0.25, -0.2) is 0 Å². The van der Waals surface area contributed by atoms with Crippen molar-refractivity contribution in [2.75, 3.05) is 13.2 Å². The number of nitrogens with zero attached hydrogens (tertiary/aromatic N) is 3.